The number of hydrogen-bond donors (Lipinski definition) is 1. The van der Waals surface area contributed by atoms with Crippen LogP contribution in [0.5, 0.6) is 0 Å². The first kappa shape index (κ1) is 28.5. The third kappa shape index (κ3) is 5.45. The predicted molar refractivity (Wildman–Crippen MR) is 162 cm³/mol. The Balaban J connectivity index is 1.62. The Kier molecular flexibility index (Phi) is 8.01. The largest absolute Gasteiger partial charge is 0.342 e. The second-order valence-electron chi connectivity index (χ2n) is 10.6. The van der Waals surface area contributed by atoms with E-state index in [4.69, 9.17) is 0 Å². The van der Waals surface area contributed by atoms with Crippen LogP contribution in [0.3, 0.4) is 0 Å². The number of nitro benzene ring substituents is 1. The number of fused-ring (bicyclic) bond motifs is 2. The molecule has 1 aliphatic rings. The Morgan fingerprint density at radius 3 is 2.33 bits per heavy atom. The van der Waals surface area contributed by atoms with Crippen LogP contribution in [-0.2, 0) is 16.1 Å². The van der Waals surface area contributed by atoms with E-state index >= 15 is 0 Å². The van der Waals surface area contributed by atoms with Crippen molar-refractivity contribution in [2.24, 2.45) is 5.92 Å². The first-order valence-corrected chi connectivity index (χ1v) is 13.9. The van der Waals surface area contributed by atoms with Gasteiger partial charge in [-0.05, 0) is 59.5 Å². The number of nitro groups is 1. The highest BCUT2D eigenvalue weighted by Gasteiger charge is 2.38. The van der Waals surface area contributed by atoms with Crippen molar-refractivity contribution in [3.8, 4) is 0 Å². The molecule has 0 saturated heterocycles. The Morgan fingerprint density at radius 2 is 1.64 bits per heavy atom. The van der Waals surface area contributed by atoms with Crippen LogP contribution in [-0.4, -0.2) is 35.2 Å². The maximum absolute atomic E-state index is 14.3. The molecule has 0 aromatic heterocycles. The summed E-state index contributed by atoms with van der Waals surface area (Å²) >= 11 is 0. The summed E-state index contributed by atoms with van der Waals surface area (Å²) in [6, 6.07) is 23.6. The molecule has 0 unspecified atom stereocenters. The van der Waals surface area contributed by atoms with Gasteiger partial charge in [0.2, 0.25) is 5.91 Å². The molecule has 0 bridgehead atoms. The highest BCUT2D eigenvalue weighted by atomic mass is 16.6. The fraction of sp³-hybridized carbons (Fsp3) is 0.242. The van der Waals surface area contributed by atoms with E-state index in [-0.39, 0.29) is 42.1 Å². The molecule has 9 nitrogen and oxygen atoms in total. The van der Waals surface area contributed by atoms with Crippen molar-refractivity contribution in [1.29, 1.82) is 0 Å². The molecule has 4 aromatic carbocycles. The number of non-ortho nitro benzene ring substituents is 1. The molecule has 0 aliphatic carbocycles. The molecule has 0 fully saturated rings. The molecule has 0 radical (unpaired) electrons. The average Bonchev–Trinajstić information content (AvgIpc) is 3.12. The number of aryl methyl sites for hydroxylation is 1. The third-order valence-corrected chi connectivity index (χ3v) is 7.93. The van der Waals surface area contributed by atoms with Gasteiger partial charge in [0.1, 0.15) is 6.04 Å². The first-order valence-electron chi connectivity index (χ1n) is 13.9. The SMILES string of the molecule is CC[C@@H](C)C(=O)N[C@H]1CN(C(=O)c2ccc([N+](=O)[O-])cc2)c2ccccc2N(Cc2c(C)ccc3ccccc23)C1=O. The van der Waals surface area contributed by atoms with Gasteiger partial charge < -0.3 is 15.1 Å². The second-order valence-corrected chi connectivity index (χ2v) is 10.6. The molecule has 1 aliphatic heterocycles. The smallest absolute Gasteiger partial charge is 0.269 e. The molecule has 1 heterocycles. The van der Waals surface area contributed by atoms with Crippen LogP contribution in [0.2, 0.25) is 0 Å². The summed E-state index contributed by atoms with van der Waals surface area (Å²) in [5, 5.41) is 16.1. The number of amides is 3. The zero-order chi connectivity index (χ0) is 30.0. The molecule has 5 rings (SSSR count). The molecular formula is C33H32N4O5. The van der Waals surface area contributed by atoms with Crippen molar-refractivity contribution in [1.82, 2.24) is 5.32 Å². The van der Waals surface area contributed by atoms with Gasteiger partial charge in [-0.2, -0.15) is 0 Å². The number of carbonyl (C=O) groups excluding carboxylic acids is 3. The third-order valence-electron chi connectivity index (χ3n) is 7.93. The standard InChI is InChI=1S/C33H32N4O5/c1-4-21(2)31(38)34-28-20-36(32(39)24-15-17-25(18-16-24)37(41)42)30-12-8-7-11-29(30)35(33(28)40)19-27-22(3)13-14-23-9-5-6-10-26(23)27/h5-18,21,28H,4,19-20H2,1-3H3,(H,34,38)/t21-,28+/m1/s1. The maximum atomic E-state index is 14.3. The molecule has 3 amide bonds. The lowest BCUT2D eigenvalue weighted by Crippen LogP contribution is -2.53. The fourth-order valence-corrected chi connectivity index (χ4v) is 5.24. The van der Waals surface area contributed by atoms with Gasteiger partial charge in [0.15, 0.2) is 0 Å². The number of nitrogens with one attached hydrogen (secondary N) is 1. The van der Waals surface area contributed by atoms with Crippen LogP contribution in [0.1, 0.15) is 41.8 Å². The van der Waals surface area contributed by atoms with E-state index in [1.54, 1.807) is 30.0 Å². The number of para-hydroxylation sites is 2. The molecule has 42 heavy (non-hydrogen) atoms. The Bertz CT molecular complexity index is 1680. The molecule has 1 N–H and O–H groups in total. The lowest BCUT2D eigenvalue weighted by molar-refractivity contribution is -0.384. The van der Waals surface area contributed by atoms with E-state index in [0.29, 0.717) is 17.8 Å². The van der Waals surface area contributed by atoms with Crippen molar-refractivity contribution in [2.45, 2.75) is 39.8 Å². The van der Waals surface area contributed by atoms with E-state index in [9.17, 15) is 24.5 Å². The number of rotatable bonds is 7. The molecule has 0 saturated carbocycles. The Morgan fingerprint density at radius 1 is 0.976 bits per heavy atom. The highest BCUT2D eigenvalue weighted by molar-refractivity contribution is 6.13. The molecular weight excluding hydrogens is 532 g/mol. The van der Waals surface area contributed by atoms with Gasteiger partial charge in [0.05, 0.1) is 29.4 Å². The highest BCUT2D eigenvalue weighted by Crippen LogP contribution is 2.36. The molecule has 4 aromatic rings. The molecule has 2 atom stereocenters. The first-order chi connectivity index (χ1) is 20.2. The molecule has 0 spiro atoms. The normalized spacial score (nSPS) is 15.6. The van der Waals surface area contributed by atoms with Crippen molar-refractivity contribution in [2.75, 3.05) is 16.3 Å². The number of benzene rings is 4. The van der Waals surface area contributed by atoms with E-state index in [2.05, 4.69) is 5.32 Å². The summed E-state index contributed by atoms with van der Waals surface area (Å²) in [5.74, 6) is -1.36. The summed E-state index contributed by atoms with van der Waals surface area (Å²) < 4.78 is 0. The number of nitrogens with zero attached hydrogens (tertiary/aromatic N) is 3. The monoisotopic (exact) mass is 564 g/mol. The van der Waals surface area contributed by atoms with Crippen LogP contribution in [0.15, 0.2) is 84.9 Å². The minimum absolute atomic E-state index is 0.0984. The van der Waals surface area contributed by atoms with Crippen molar-refractivity contribution >= 4 is 45.6 Å². The zero-order valence-corrected chi connectivity index (χ0v) is 23.7. The summed E-state index contributed by atoms with van der Waals surface area (Å²) in [7, 11) is 0. The number of hydrogen-bond acceptors (Lipinski definition) is 5. The maximum Gasteiger partial charge on any atom is 0.269 e. The summed E-state index contributed by atoms with van der Waals surface area (Å²) in [4.78, 5) is 55.1. The van der Waals surface area contributed by atoms with Crippen LogP contribution in [0.25, 0.3) is 10.8 Å². The number of carbonyl (C=O) groups is 3. The van der Waals surface area contributed by atoms with Gasteiger partial charge in [-0.3, -0.25) is 24.5 Å². The van der Waals surface area contributed by atoms with Crippen LogP contribution < -0.4 is 15.1 Å². The number of anilines is 2. The molecule has 9 heteroatoms. The van der Waals surface area contributed by atoms with Gasteiger partial charge in [0, 0.05) is 23.6 Å². The van der Waals surface area contributed by atoms with E-state index in [1.165, 1.54) is 29.2 Å². The van der Waals surface area contributed by atoms with E-state index in [0.717, 1.165) is 21.9 Å². The average molecular weight is 565 g/mol. The quantitative estimate of drug-likeness (QED) is 0.226. The van der Waals surface area contributed by atoms with Gasteiger partial charge in [-0.15, -0.1) is 0 Å². The van der Waals surface area contributed by atoms with E-state index < -0.39 is 16.9 Å². The second kappa shape index (κ2) is 11.8. The van der Waals surface area contributed by atoms with Gasteiger partial charge in [0.25, 0.3) is 17.5 Å². The van der Waals surface area contributed by atoms with Crippen molar-refractivity contribution < 1.29 is 19.3 Å². The van der Waals surface area contributed by atoms with Gasteiger partial charge in [-0.1, -0.05) is 62.4 Å². The van der Waals surface area contributed by atoms with Crippen LogP contribution >= 0.6 is 0 Å². The van der Waals surface area contributed by atoms with Crippen molar-refractivity contribution in [3.05, 3.63) is 112 Å². The fourth-order valence-electron chi connectivity index (χ4n) is 5.24. The Labute approximate surface area is 243 Å². The lowest BCUT2D eigenvalue weighted by atomic mass is 9.99. The van der Waals surface area contributed by atoms with E-state index in [1.807, 2.05) is 56.3 Å². The minimum Gasteiger partial charge on any atom is -0.342 e. The van der Waals surface area contributed by atoms with Gasteiger partial charge in [-0.25, -0.2) is 0 Å². The lowest BCUT2D eigenvalue weighted by Gasteiger charge is -2.27. The summed E-state index contributed by atoms with van der Waals surface area (Å²) in [6.45, 7) is 5.83. The summed E-state index contributed by atoms with van der Waals surface area (Å²) in [5.41, 5.74) is 3.12. The van der Waals surface area contributed by atoms with Crippen LogP contribution in [0.4, 0.5) is 17.1 Å². The minimum atomic E-state index is -1.02. The summed E-state index contributed by atoms with van der Waals surface area (Å²) in [6.07, 6.45) is 0.595. The Hall–Kier alpha value is -5.05. The predicted octanol–water partition coefficient (Wildman–Crippen LogP) is 5.78. The van der Waals surface area contributed by atoms with Gasteiger partial charge >= 0.3 is 0 Å². The van der Waals surface area contributed by atoms with Crippen LogP contribution in [0, 0.1) is 23.0 Å². The van der Waals surface area contributed by atoms with Crippen molar-refractivity contribution in [3.63, 3.8) is 0 Å². The zero-order valence-electron chi connectivity index (χ0n) is 23.7. The molecule has 214 valence electrons. The topological polar surface area (TPSA) is 113 Å².